The van der Waals surface area contributed by atoms with Crippen molar-refractivity contribution in [1.82, 2.24) is 5.32 Å². The molecule has 0 aliphatic rings. The van der Waals surface area contributed by atoms with Crippen molar-refractivity contribution in [3.8, 4) is 0 Å². The molecule has 102 valence electrons. The minimum Gasteiger partial charge on any atom is -0.468 e. The number of furan rings is 1. The molecular formula is C13H14BrNO3S. The fourth-order valence-corrected chi connectivity index (χ4v) is 3.05. The van der Waals surface area contributed by atoms with E-state index in [1.165, 1.54) is 0 Å². The van der Waals surface area contributed by atoms with Crippen molar-refractivity contribution in [3.05, 3.63) is 52.9 Å². The summed E-state index contributed by atoms with van der Waals surface area (Å²) in [6.07, 6.45) is 1.59. The zero-order valence-electron chi connectivity index (χ0n) is 10.2. The number of nitrogens with one attached hydrogen (secondary N) is 1. The third-order valence-electron chi connectivity index (χ3n) is 2.60. The van der Waals surface area contributed by atoms with Crippen molar-refractivity contribution in [2.75, 3.05) is 12.3 Å². The Morgan fingerprint density at radius 1 is 1.16 bits per heavy atom. The van der Waals surface area contributed by atoms with Gasteiger partial charge in [-0.3, -0.25) is 0 Å². The SMILES string of the molecule is O=S(=O)(CCNCc1ccco1)c1ccc(Br)cc1. The van der Waals surface area contributed by atoms with Crippen LogP contribution in [0.25, 0.3) is 0 Å². The molecule has 0 saturated heterocycles. The summed E-state index contributed by atoms with van der Waals surface area (Å²) in [5.74, 6) is 0.857. The van der Waals surface area contributed by atoms with Crippen molar-refractivity contribution in [2.24, 2.45) is 0 Å². The van der Waals surface area contributed by atoms with E-state index in [1.807, 2.05) is 6.07 Å². The fourth-order valence-electron chi connectivity index (χ4n) is 1.59. The minimum absolute atomic E-state index is 0.0648. The third-order valence-corrected chi connectivity index (χ3v) is 4.86. The summed E-state index contributed by atoms with van der Waals surface area (Å²) in [6.45, 7) is 0.919. The molecule has 6 heteroatoms. The monoisotopic (exact) mass is 343 g/mol. The Balaban J connectivity index is 1.86. The summed E-state index contributed by atoms with van der Waals surface area (Å²) in [5, 5.41) is 3.04. The maximum absolute atomic E-state index is 12.0. The molecule has 0 bridgehead atoms. The van der Waals surface area contributed by atoms with Crippen LogP contribution in [-0.2, 0) is 16.4 Å². The van der Waals surface area contributed by atoms with Crippen molar-refractivity contribution in [3.63, 3.8) is 0 Å². The quantitative estimate of drug-likeness (QED) is 0.819. The van der Waals surface area contributed by atoms with Gasteiger partial charge in [-0.1, -0.05) is 15.9 Å². The summed E-state index contributed by atoms with van der Waals surface area (Å²) in [7, 11) is -3.23. The highest BCUT2D eigenvalue weighted by Gasteiger charge is 2.13. The van der Waals surface area contributed by atoms with Crippen LogP contribution in [0.4, 0.5) is 0 Å². The van der Waals surface area contributed by atoms with E-state index in [1.54, 1.807) is 36.6 Å². The van der Waals surface area contributed by atoms with Gasteiger partial charge in [0.1, 0.15) is 5.76 Å². The first-order chi connectivity index (χ1) is 9.08. The van der Waals surface area contributed by atoms with E-state index in [-0.39, 0.29) is 5.75 Å². The number of hydrogen-bond donors (Lipinski definition) is 1. The van der Waals surface area contributed by atoms with Gasteiger partial charge in [0.25, 0.3) is 0 Å². The van der Waals surface area contributed by atoms with E-state index in [0.717, 1.165) is 10.2 Å². The Morgan fingerprint density at radius 3 is 2.53 bits per heavy atom. The number of sulfone groups is 1. The second kappa shape index (κ2) is 6.36. The predicted molar refractivity (Wildman–Crippen MR) is 76.6 cm³/mol. The van der Waals surface area contributed by atoms with Gasteiger partial charge in [0, 0.05) is 11.0 Å². The molecule has 0 aliphatic heterocycles. The molecule has 0 aliphatic carbocycles. The number of benzene rings is 1. The number of halogens is 1. The molecule has 0 amide bonds. The van der Waals surface area contributed by atoms with Crippen LogP contribution < -0.4 is 5.32 Å². The van der Waals surface area contributed by atoms with Gasteiger partial charge in [0.15, 0.2) is 9.84 Å². The summed E-state index contributed by atoms with van der Waals surface area (Å²) < 4.78 is 30.1. The molecular weight excluding hydrogens is 330 g/mol. The van der Waals surface area contributed by atoms with Gasteiger partial charge in [-0.2, -0.15) is 0 Å². The lowest BCUT2D eigenvalue weighted by Crippen LogP contribution is -2.22. The molecule has 1 heterocycles. The Hall–Kier alpha value is -1.11. The molecule has 0 spiro atoms. The zero-order valence-corrected chi connectivity index (χ0v) is 12.6. The molecule has 0 atom stereocenters. The molecule has 1 aromatic heterocycles. The lowest BCUT2D eigenvalue weighted by atomic mass is 10.4. The highest BCUT2D eigenvalue weighted by atomic mass is 79.9. The maximum atomic E-state index is 12.0. The van der Waals surface area contributed by atoms with Crippen LogP contribution in [0.1, 0.15) is 5.76 Å². The van der Waals surface area contributed by atoms with Crippen LogP contribution in [0.15, 0.2) is 56.4 Å². The molecule has 1 aromatic carbocycles. The summed E-state index contributed by atoms with van der Waals surface area (Å²) in [4.78, 5) is 0.343. The molecule has 1 N–H and O–H groups in total. The lowest BCUT2D eigenvalue weighted by molar-refractivity contribution is 0.487. The number of rotatable bonds is 6. The lowest BCUT2D eigenvalue weighted by Gasteiger charge is -2.05. The summed E-state index contributed by atoms with van der Waals surface area (Å²) in [5.41, 5.74) is 0. The minimum atomic E-state index is -3.23. The van der Waals surface area contributed by atoms with Crippen molar-refractivity contribution >= 4 is 25.8 Å². The molecule has 0 saturated carbocycles. The van der Waals surface area contributed by atoms with Gasteiger partial charge in [-0.05, 0) is 36.4 Å². The van der Waals surface area contributed by atoms with Crippen LogP contribution in [-0.4, -0.2) is 20.7 Å². The van der Waals surface area contributed by atoms with Crippen molar-refractivity contribution < 1.29 is 12.8 Å². The Morgan fingerprint density at radius 2 is 1.89 bits per heavy atom. The summed E-state index contributed by atoms with van der Waals surface area (Å²) >= 11 is 3.28. The van der Waals surface area contributed by atoms with E-state index in [4.69, 9.17) is 4.42 Å². The standard InChI is InChI=1S/C13H14BrNO3S/c14-11-3-5-13(6-4-11)19(16,17)9-7-15-10-12-2-1-8-18-12/h1-6,8,15H,7,9-10H2. The first kappa shape index (κ1) is 14.3. The van der Waals surface area contributed by atoms with E-state index in [2.05, 4.69) is 21.2 Å². The third kappa shape index (κ3) is 4.19. The van der Waals surface area contributed by atoms with E-state index in [0.29, 0.717) is 18.0 Å². The van der Waals surface area contributed by atoms with Gasteiger partial charge in [-0.15, -0.1) is 0 Å². The van der Waals surface area contributed by atoms with E-state index in [9.17, 15) is 8.42 Å². The van der Waals surface area contributed by atoms with Crippen LogP contribution >= 0.6 is 15.9 Å². The van der Waals surface area contributed by atoms with Crippen molar-refractivity contribution in [1.29, 1.82) is 0 Å². The topological polar surface area (TPSA) is 59.3 Å². The molecule has 4 nitrogen and oxygen atoms in total. The number of hydrogen-bond acceptors (Lipinski definition) is 4. The molecule has 0 fully saturated rings. The first-order valence-electron chi connectivity index (χ1n) is 5.79. The molecule has 2 rings (SSSR count). The molecule has 2 aromatic rings. The average molecular weight is 344 g/mol. The van der Waals surface area contributed by atoms with Gasteiger partial charge in [0.05, 0.1) is 23.5 Å². The first-order valence-corrected chi connectivity index (χ1v) is 8.24. The molecule has 19 heavy (non-hydrogen) atoms. The fraction of sp³-hybridized carbons (Fsp3) is 0.231. The Bertz CT molecular complexity index is 606. The summed E-state index contributed by atoms with van der Waals surface area (Å²) in [6, 6.07) is 10.3. The van der Waals surface area contributed by atoms with Crippen molar-refractivity contribution in [2.45, 2.75) is 11.4 Å². The van der Waals surface area contributed by atoms with Gasteiger partial charge < -0.3 is 9.73 Å². The molecule has 0 radical (unpaired) electrons. The maximum Gasteiger partial charge on any atom is 0.179 e. The van der Waals surface area contributed by atoms with Gasteiger partial charge in [0.2, 0.25) is 0 Å². The average Bonchev–Trinajstić information content (AvgIpc) is 2.88. The predicted octanol–water partition coefficient (Wildman–Crippen LogP) is 2.61. The zero-order chi connectivity index (χ0) is 13.7. The largest absolute Gasteiger partial charge is 0.468 e. The molecule has 0 unspecified atom stereocenters. The van der Waals surface area contributed by atoms with Crippen LogP contribution in [0.3, 0.4) is 0 Å². The highest BCUT2D eigenvalue weighted by Crippen LogP contribution is 2.15. The Kier molecular flexibility index (Phi) is 4.79. The second-order valence-corrected chi connectivity index (χ2v) is 7.05. The van der Waals surface area contributed by atoms with Crippen LogP contribution in [0.5, 0.6) is 0 Å². The van der Waals surface area contributed by atoms with E-state index < -0.39 is 9.84 Å². The van der Waals surface area contributed by atoms with Crippen LogP contribution in [0.2, 0.25) is 0 Å². The highest BCUT2D eigenvalue weighted by molar-refractivity contribution is 9.10. The van der Waals surface area contributed by atoms with Gasteiger partial charge >= 0.3 is 0 Å². The normalized spacial score (nSPS) is 11.6. The smallest absolute Gasteiger partial charge is 0.179 e. The Labute approximate surface area is 120 Å². The van der Waals surface area contributed by atoms with Gasteiger partial charge in [-0.25, -0.2) is 8.42 Å². The van der Waals surface area contributed by atoms with E-state index >= 15 is 0 Å². The second-order valence-electron chi connectivity index (χ2n) is 4.03. The van der Waals surface area contributed by atoms with Crippen LogP contribution in [0, 0.1) is 0 Å².